The Morgan fingerprint density at radius 3 is 2.05 bits per heavy atom. The van der Waals surface area contributed by atoms with Crippen molar-refractivity contribution in [2.24, 2.45) is 5.73 Å². The summed E-state index contributed by atoms with van der Waals surface area (Å²) in [5.41, 5.74) is 6.62. The molecule has 7 heteroatoms. The van der Waals surface area contributed by atoms with Gasteiger partial charge < -0.3 is 16.4 Å². The molecule has 0 bridgehead atoms. The van der Waals surface area contributed by atoms with Gasteiger partial charge >= 0.3 is 6.03 Å². The van der Waals surface area contributed by atoms with Crippen LogP contribution in [0.1, 0.15) is 10.4 Å². The lowest BCUT2D eigenvalue weighted by molar-refractivity contribution is 0.102. The van der Waals surface area contributed by atoms with Gasteiger partial charge in [-0.1, -0.05) is 37.9 Å². The fraction of sp³-hybridized carbons (Fsp3) is 0. The summed E-state index contributed by atoms with van der Waals surface area (Å²) < 4.78 is 1.59. The number of hydrogen-bond acceptors (Lipinski definition) is 2. The first-order valence-corrected chi connectivity index (χ1v) is 7.46. The molecule has 4 N–H and O–H groups in total. The van der Waals surface area contributed by atoms with Crippen molar-refractivity contribution in [1.29, 1.82) is 0 Å². The molecule has 0 radical (unpaired) electrons. The second-order valence-electron chi connectivity index (χ2n) is 4.18. The highest BCUT2D eigenvalue weighted by Crippen LogP contribution is 2.21. The van der Waals surface area contributed by atoms with Crippen LogP contribution in [0, 0.1) is 0 Å². The van der Waals surface area contributed by atoms with Crippen molar-refractivity contribution in [2.45, 2.75) is 0 Å². The normalized spacial score (nSPS) is 10.0. The summed E-state index contributed by atoms with van der Waals surface area (Å²) in [6.07, 6.45) is 0. The first-order chi connectivity index (χ1) is 9.94. The Balaban J connectivity index is 2.17. The van der Waals surface area contributed by atoms with Gasteiger partial charge in [-0.3, -0.25) is 4.79 Å². The van der Waals surface area contributed by atoms with E-state index in [2.05, 4.69) is 42.5 Å². The lowest BCUT2D eigenvalue weighted by Crippen LogP contribution is -2.19. The molecular formula is C14H11Br2N3O2. The van der Waals surface area contributed by atoms with Gasteiger partial charge in [-0.2, -0.15) is 0 Å². The van der Waals surface area contributed by atoms with E-state index in [1.807, 2.05) is 6.07 Å². The van der Waals surface area contributed by atoms with Crippen molar-refractivity contribution in [1.82, 2.24) is 0 Å². The molecule has 3 amide bonds. The van der Waals surface area contributed by atoms with Crippen LogP contribution in [0.4, 0.5) is 16.2 Å². The summed E-state index contributed by atoms with van der Waals surface area (Å²) in [5, 5.41) is 5.20. The Hall–Kier alpha value is -1.86. The molecule has 0 aromatic heterocycles. The van der Waals surface area contributed by atoms with E-state index in [0.717, 1.165) is 8.95 Å². The number of primary amides is 1. The zero-order valence-corrected chi connectivity index (χ0v) is 13.9. The number of carbonyl (C=O) groups is 2. The van der Waals surface area contributed by atoms with Crippen molar-refractivity contribution in [3.05, 3.63) is 57.0 Å². The van der Waals surface area contributed by atoms with Crippen molar-refractivity contribution < 1.29 is 9.59 Å². The topological polar surface area (TPSA) is 84.2 Å². The van der Waals surface area contributed by atoms with Crippen LogP contribution >= 0.6 is 31.9 Å². The monoisotopic (exact) mass is 411 g/mol. The maximum absolute atomic E-state index is 12.2. The smallest absolute Gasteiger partial charge is 0.316 e. The van der Waals surface area contributed by atoms with E-state index >= 15 is 0 Å². The number of nitrogens with one attached hydrogen (secondary N) is 2. The molecule has 2 aromatic carbocycles. The van der Waals surface area contributed by atoms with Crippen molar-refractivity contribution in [3.8, 4) is 0 Å². The molecule has 2 rings (SSSR count). The van der Waals surface area contributed by atoms with E-state index in [1.54, 1.807) is 36.4 Å². The average Bonchev–Trinajstić information content (AvgIpc) is 2.37. The predicted octanol–water partition coefficient (Wildman–Crippen LogP) is 3.95. The summed E-state index contributed by atoms with van der Waals surface area (Å²) in [6.45, 7) is 0. The highest BCUT2D eigenvalue weighted by molar-refractivity contribution is 9.11. The van der Waals surface area contributed by atoms with Crippen LogP contribution in [-0.4, -0.2) is 11.9 Å². The summed E-state index contributed by atoms with van der Waals surface area (Å²) >= 11 is 6.67. The fourth-order valence-electron chi connectivity index (χ4n) is 1.71. The first kappa shape index (κ1) is 15.5. The van der Waals surface area contributed by atoms with Gasteiger partial charge in [-0.15, -0.1) is 0 Å². The van der Waals surface area contributed by atoms with Gasteiger partial charge in [0.2, 0.25) is 0 Å². The van der Waals surface area contributed by atoms with Crippen molar-refractivity contribution in [2.75, 3.05) is 10.6 Å². The third-order valence-electron chi connectivity index (χ3n) is 2.51. The van der Waals surface area contributed by atoms with Gasteiger partial charge in [0.1, 0.15) is 0 Å². The Bertz CT molecular complexity index is 684. The maximum Gasteiger partial charge on any atom is 0.316 e. The SMILES string of the molecule is NC(=O)Nc1cccc(NC(=O)c2cc(Br)cc(Br)c2)c1. The van der Waals surface area contributed by atoms with Crippen LogP contribution in [0.15, 0.2) is 51.4 Å². The van der Waals surface area contributed by atoms with Crippen LogP contribution in [0.5, 0.6) is 0 Å². The van der Waals surface area contributed by atoms with Gasteiger partial charge in [-0.05, 0) is 36.4 Å². The zero-order valence-electron chi connectivity index (χ0n) is 10.7. The number of benzene rings is 2. The summed E-state index contributed by atoms with van der Waals surface area (Å²) in [6, 6.07) is 11.3. The molecular weight excluding hydrogens is 402 g/mol. The zero-order chi connectivity index (χ0) is 15.4. The standard InChI is InChI=1S/C14H11Br2N3O2/c15-9-4-8(5-10(16)6-9)13(20)18-11-2-1-3-12(7-11)19-14(17)21/h1-7H,(H,18,20)(H3,17,19,21). The van der Waals surface area contributed by atoms with Crippen molar-refractivity contribution in [3.63, 3.8) is 0 Å². The molecule has 0 aliphatic rings. The van der Waals surface area contributed by atoms with E-state index < -0.39 is 6.03 Å². The van der Waals surface area contributed by atoms with Crippen LogP contribution in [0.25, 0.3) is 0 Å². The highest BCUT2D eigenvalue weighted by atomic mass is 79.9. The number of anilines is 2. The second-order valence-corrected chi connectivity index (χ2v) is 6.01. The Morgan fingerprint density at radius 2 is 1.48 bits per heavy atom. The Morgan fingerprint density at radius 1 is 0.905 bits per heavy atom. The minimum Gasteiger partial charge on any atom is -0.351 e. The number of hydrogen-bond donors (Lipinski definition) is 3. The number of halogens is 2. The van der Waals surface area contributed by atoms with Crippen LogP contribution in [0.3, 0.4) is 0 Å². The second kappa shape index (κ2) is 6.73. The van der Waals surface area contributed by atoms with Gasteiger partial charge in [0.05, 0.1) is 0 Å². The summed E-state index contributed by atoms with van der Waals surface area (Å²) in [7, 11) is 0. The Labute approximate surface area is 138 Å². The molecule has 0 spiro atoms. The van der Waals surface area contributed by atoms with Gasteiger partial charge in [0.15, 0.2) is 0 Å². The number of carbonyl (C=O) groups excluding carboxylic acids is 2. The molecule has 2 aromatic rings. The predicted molar refractivity (Wildman–Crippen MR) is 89.4 cm³/mol. The molecule has 5 nitrogen and oxygen atoms in total. The third-order valence-corrected chi connectivity index (χ3v) is 3.43. The maximum atomic E-state index is 12.2. The molecule has 0 saturated heterocycles. The number of nitrogens with two attached hydrogens (primary N) is 1. The van der Waals surface area contributed by atoms with Crippen LogP contribution < -0.4 is 16.4 Å². The van der Waals surface area contributed by atoms with Gasteiger partial charge in [-0.25, -0.2) is 4.79 Å². The molecule has 0 aliphatic carbocycles. The van der Waals surface area contributed by atoms with Gasteiger partial charge in [0.25, 0.3) is 5.91 Å². The first-order valence-electron chi connectivity index (χ1n) is 5.88. The average molecular weight is 413 g/mol. The number of urea groups is 1. The van der Waals surface area contributed by atoms with Crippen molar-refractivity contribution >= 4 is 55.2 Å². The molecule has 0 fully saturated rings. The molecule has 0 heterocycles. The number of rotatable bonds is 3. The Kier molecular flexibility index (Phi) is 4.98. The summed E-state index contributed by atoms with van der Waals surface area (Å²) in [4.78, 5) is 23.0. The minimum absolute atomic E-state index is 0.256. The van der Waals surface area contributed by atoms with E-state index in [4.69, 9.17) is 5.73 Å². The van der Waals surface area contributed by atoms with Gasteiger partial charge in [0, 0.05) is 25.9 Å². The summed E-state index contributed by atoms with van der Waals surface area (Å²) in [5.74, 6) is -0.256. The highest BCUT2D eigenvalue weighted by Gasteiger charge is 2.08. The molecule has 0 unspecified atom stereocenters. The molecule has 21 heavy (non-hydrogen) atoms. The lowest BCUT2D eigenvalue weighted by Gasteiger charge is -2.08. The van der Waals surface area contributed by atoms with Crippen LogP contribution in [0.2, 0.25) is 0 Å². The number of amides is 3. The lowest BCUT2D eigenvalue weighted by atomic mass is 10.2. The van der Waals surface area contributed by atoms with E-state index in [9.17, 15) is 9.59 Å². The molecule has 0 aliphatic heterocycles. The van der Waals surface area contributed by atoms with E-state index in [0.29, 0.717) is 16.9 Å². The van der Waals surface area contributed by atoms with E-state index in [-0.39, 0.29) is 5.91 Å². The molecule has 0 atom stereocenters. The molecule has 0 saturated carbocycles. The molecule has 108 valence electrons. The van der Waals surface area contributed by atoms with E-state index in [1.165, 1.54) is 0 Å². The fourth-order valence-corrected chi connectivity index (χ4v) is 3.00. The van der Waals surface area contributed by atoms with Crippen LogP contribution in [-0.2, 0) is 0 Å². The quantitative estimate of drug-likeness (QED) is 0.712. The largest absolute Gasteiger partial charge is 0.351 e. The third kappa shape index (κ3) is 4.57. The minimum atomic E-state index is -0.658.